The molecule has 0 N–H and O–H groups in total. The number of fused-ring (bicyclic) bond motifs is 9. The van der Waals surface area contributed by atoms with Crippen LogP contribution >= 0.6 is 0 Å². The maximum absolute atomic E-state index is 6.24. The highest BCUT2D eigenvalue weighted by atomic mass is 16.3. The smallest absolute Gasteiger partial charge is 0.166 e. The molecule has 242 valence electrons. The fourth-order valence-electron chi connectivity index (χ4n) is 7.72. The molecule has 0 aliphatic rings. The van der Waals surface area contributed by atoms with Crippen LogP contribution in [-0.4, -0.2) is 24.5 Å². The standard InChI is InChI=1S/C46H27N5O/c1-2-10-32-28(9-1)17-18-29-25-30(19-21-33(29)32)44-48-45(31-20-22-36-37-23-24-47-27-43(37)52-42(36)26-31)50-46(49-44)38-13-5-8-16-41(38)51-39-14-6-3-11-34(39)35-12-4-7-15-40(35)51/h1-27H. The molecule has 4 heterocycles. The van der Waals surface area contributed by atoms with Crippen LogP contribution in [0, 0.1) is 0 Å². The number of rotatable bonds is 4. The van der Waals surface area contributed by atoms with Crippen LogP contribution in [0.25, 0.3) is 105 Å². The van der Waals surface area contributed by atoms with Gasteiger partial charge in [0.15, 0.2) is 23.1 Å². The molecule has 0 aliphatic carbocycles. The number of nitrogens with zero attached hydrogens (tertiary/aromatic N) is 5. The van der Waals surface area contributed by atoms with Crippen LogP contribution in [-0.2, 0) is 0 Å². The van der Waals surface area contributed by atoms with Gasteiger partial charge in [0, 0.05) is 44.4 Å². The third-order valence-corrected chi connectivity index (χ3v) is 10.1. The zero-order valence-corrected chi connectivity index (χ0v) is 27.7. The number of hydrogen-bond acceptors (Lipinski definition) is 5. The third kappa shape index (κ3) is 4.38. The van der Waals surface area contributed by atoms with Crippen molar-refractivity contribution < 1.29 is 4.42 Å². The summed E-state index contributed by atoms with van der Waals surface area (Å²) in [6.45, 7) is 0. The highest BCUT2D eigenvalue weighted by molar-refractivity contribution is 6.10. The summed E-state index contributed by atoms with van der Waals surface area (Å²) in [6, 6.07) is 52.9. The van der Waals surface area contributed by atoms with Crippen LogP contribution in [0.5, 0.6) is 0 Å². The quantitative estimate of drug-likeness (QED) is 0.175. The monoisotopic (exact) mass is 665 g/mol. The molecule has 0 atom stereocenters. The Kier molecular flexibility index (Phi) is 6.15. The van der Waals surface area contributed by atoms with Gasteiger partial charge in [-0.3, -0.25) is 4.98 Å². The van der Waals surface area contributed by atoms with Gasteiger partial charge in [0.1, 0.15) is 5.58 Å². The number of pyridine rings is 1. The summed E-state index contributed by atoms with van der Waals surface area (Å²) in [5.41, 5.74) is 7.40. The van der Waals surface area contributed by atoms with Gasteiger partial charge in [0.2, 0.25) is 0 Å². The lowest BCUT2D eigenvalue weighted by atomic mass is 10.00. The summed E-state index contributed by atoms with van der Waals surface area (Å²) in [5.74, 6) is 1.75. The van der Waals surface area contributed by atoms with Gasteiger partial charge in [-0.1, -0.05) is 103 Å². The number of hydrogen-bond donors (Lipinski definition) is 0. The van der Waals surface area contributed by atoms with Crippen LogP contribution in [0.3, 0.4) is 0 Å². The van der Waals surface area contributed by atoms with Gasteiger partial charge in [-0.05, 0) is 70.1 Å². The van der Waals surface area contributed by atoms with Gasteiger partial charge >= 0.3 is 0 Å². The molecule has 6 nitrogen and oxygen atoms in total. The second kappa shape index (κ2) is 11.2. The zero-order valence-electron chi connectivity index (χ0n) is 27.7. The second-order valence-corrected chi connectivity index (χ2v) is 13.1. The minimum Gasteiger partial charge on any atom is -0.454 e. The molecule has 52 heavy (non-hydrogen) atoms. The summed E-state index contributed by atoms with van der Waals surface area (Å²) >= 11 is 0. The number of benzene rings is 7. The first kappa shape index (κ1) is 28.6. The Balaban J connectivity index is 1.16. The van der Waals surface area contributed by atoms with E-state index in [2.05, 4.69) is 143 Å². The Labute approximate surface area is 297 Å². The van der Waals surface area contributed by atoms with Crippen molar-refractivity contribution in [3.63, 3.8) is 0 Å². The Morgan fingerprint density at radius 1 is 0.423 bits per heavy atom. The predicted octanol–water partition coefficient (Wildman–Crippen LogP) is 11.6. The van der Waals surface area contributed by atoms with E-state index in [1.54, 1.807) is 12.4 Å². The van der Waals surface area contributed by atoms with Gasteiger partial charge in [0.25, 0.3) is 0 Å². The Morgan fingerprint density at radius 2 is 1.02 bits per heavy atom. The van der Waals surface area contributed by atoms with Crippen molar-refractivity contribution in [3.8, 4) is 39.9 Å². The van der Waals surface area contributed by atoms with Crippen LogP contribution in [0.15, 0.2) is 168 Å². The van der Waals surface area contributed by atoms with Crippen molar-refractivity contribution in [1.82, 2.24) is 24.5 Å². The lowest BCUT2D eigenvalue weighted by molar-refractivity contribution is 0.667. The van der Waals surface area contributed by atoms with Gasteiger partial charge in [-0.2, -0.15) is 0 Å². The highest BCUT2D eigenvalue weighted by Crippen LogP contribution is 2.37. The van der Waals surface area contributed by atoms with E-state index >= 15 is 0 Å². The molecule has 7 aromatic carbocycles. The largest absolute Gasteiger partial charge is 0.454 e. The zero-order chi connectivity index (χ0) is 34.2. The Morgan fingerprint density at radius 3 is 1.83 bits per heavy atom. The molecule has 0 saturated heterocycles. The molecule has 0 unspecified atom stereocenters. The summed E-state index contributed by atoms with van der Waals surface area (Å²) in [5, 5.41) is 9.20. The molecule has 0 spiro atoms. The maximum Gasteiger partial charge on any atom is 0.166 e. The van der Waals surface area contributed by atoms with Crippen molar-refractivity contribution >= 4 is 65.3 Å². The molecule has 0 aliphatic heterocycles. The Hall–Kier alpha value is -7.18. The van der Waals surface area contributed by atoms with Crippen LogP contribution in [0.2, 0.25) is 0 Å². The summed E-state index contributed by atoms with van der Waals surface area (Å²) in [7, 11) is 0. The van der Waals surface area contributed by atoms with E-state index in [4.69, 9.17) is 19.4 Å². The van der Waals surface area contributed by atoms with E-state index < -0.39 is 0 Å². The SMILES string of the molecule is c1ccc(-n2c3ccccc3c3ccccc32)c(-c2nc(-c3ccc4c(ccc5ccccc54)c3)nc(-c3ccc4c(c3)oc3cnccc34)n2)c1. The molecule has 0 fully saturated rings. The molecule has 0 saturated carbocycles. The van der Waals surface area contributed by atoms with E-state index in [0.29, 0.717) is 17.5 Å². The topological polar surface area (TPSA) is 69.6 Å². The van der Waals surface area contributed by atoms with E-state index in [1.807, 2.05) is 18.2 Å². The molecular formula is C46H27N5O. The van der Waals surface area contributed by atoms with Crippen molar-refractivity contribution in [2.45, 2.75) is 0 Å². The minimum atomic E-state index is 0.566. The summed E-state index contributed by atoms with van der Waals surface area (Å²) < 4.78 is 8.56. The van der Waals surface area contributed by atoms with E-state index in [9.17, 15) is 0 Å². The third-order valence-electron chi connectivity index (χ3n) is 10.1. The second-order valence-electron chi connectivity index (χ2n) is 13.1. The van der Waals surface area contributed by atoms with Crippen molar-refractivity contribution in [1.29, 1.82) is 0 Å². The van der Waals surface area contributed by atoms with Crippen LogP contribution < -0.4 is 0 Å². The molecule has 0 bridgehead atoms. The predicted molar refractivity (Wildman–Crippen MR) is 211 cm³/mol. The van der Waals surface area contributed by atoms with Crippen LogP contribution in [0.1, 0.15) is 0 Å². The molecule has 6 heteroatoms. The average Bonchev–Trinajstić information content (AvgIpc) is 3.76. The van der Waals surface area contributed by atoms with E-state index in [1.165, 1.54) is 26.9 Å². The van der Waals surface area contributed by atoms with Gasteiger partial charge < -0.3 is 8.98 Å². The van der Waals surface area contributed by atoms with Gasteiger partial charge in [-0.15, -0.1) is 0 Å². The van der Waals surface area contributed by atoms with Crippen molar-refractivity contribution in [2.75, 3.05) is 0 Å². The van der Waals surface area contributed by atoms with E-state index in [0.717, 1.165) is 60.7 Å². The fraction of sp³-hybridized carbons (Fsp3) is 0. The molecular weight excluding hydrogens is 639 g/mol. The molecule has 0 amide bonds. The van der Waals surface area contributed by atoms with Crippen LogP contribution in [0.4, 0.5) is 0 Å². The molecule has 11 rings (SSSR count). The van der Waals surface area contributed by atoms with Gasteiger partial charge in [-0.25, -0.2) is 15.0 Å². The minimum absolute atomic E-state index is 0.566. The Bertz CT molecular complexity index is 3160. The average molecular weight is 666 g/mol. The van der Waals surface area contributed by atoms with Crippen molar-refractivity contribution in [3.05, 3.63) is 164 Å². The lowest BCUT2D eigenvalue weighted by Gasteiger charge is -2.14. The number of aromatic nitrogens is 5. The summed E-state index contributed by atoms with van der Waals surface area (Å²) in [4.78, 5) is 19.8. The normalized spacial score (nSPS) is 11.8. The first-order valence-corrected chi connectivity index (χ1v) is 17.3. The summed E-state index contributed by atoms with van der Waals surface area (Å²) in [6.07, 6.45) is 3.54. The first-order chi connectivity index (χ1) is 25.8. The molecule has 4 aromatic heterocycles. The fourth-order valence-corrected chi connectivity index (χ4v) is 7.72. The number of furan rings is 1. The molecule has 0 radical (unpaired) electrons. The highest BCUT2D eigenvalue weighted by Gasteiger charge is 2.20. The lowest BCUT2D eigenvalue weighted by Crippen LogP contribution is -2.03. The first-order valence-electron chi connectivity index (χ1n) is 17.3. The van der Waals surface area contributed by atoms with E-state index in [-0.39, 0.29) is 0 Å². The maximum atomic E-state index is 6.24. The number of para-hydroxylation sites is 3. The van der Waals surface area contributed by atoms with Crippen molar-refractivity contribution in [2.24, 2.45) is 0 Å². The molecule has 11 aromatic rings. The van der Waals surface area contributed by atoms with Gasteiger partial charge in [0.05, 0.1) is 22.9 Å².